The van der Waals surface area contributed by atoms with E-state index in [9.17, 15) is 20.1 Å². The summed E-state index contributed by atoms with van der Waals surface area (Å²) in [4.78, 5) is 11.6. The van der Waals surface area contributed by atoms with E-state index in [0.717, 1.165) is 70.6 Å². The molecular weight excluding hydrogens is 540 g/mol. The molecule has 6 atom stereocenters. The molecule has 250 valence electrons. The van der Waals surface area contributed by atoms with Gasteiger partial charge in [-0.25, -0.2) is 4.79 Å². The summed E-state index contributed by atoms with van der Waals surface area (Å²) in [5.41, 5.74) is 0.615. The summed E-state index contributed by atoms with van der Waals surface area (Å²) in [5.74, 6) is -0.282. The van der Waals surface area contributed by atoms with Crippen LogP contribution in [0.2, 0.25) is 0 Å². The average molecular weight is 607 g/mol. The highest BCUT2D eigenvalue weighted by molar-refractivity contribution is 5.90. The fraction of sp³-hybridized carbons (Fsp3) is 0.865. The summed E-state index contributed by atoms with van der Waals surface area (Å²) in [6.45, 7) is 4.10. The first-order valence-corrected chi connectivity index (χ1v) is 18.2. The van der Waals surface area contributed by atoms with Crippen molar-refractivity contribution in [3.8, 4) is 0 Å². The zero-order valence-electron chi connectivity index (χ0n) is 27.7. The highest BCUT2D eigenvalue weighted by Gasteiger charge is 2.34. The Morgan fingerprint density at radius 2 is 1.23 bits per heavy atom. The van der Waals surface area contributed by atoms with E-state index in [1.165, 1.54) is 77.0 Å². The van der Waals surface area contributed by atoms with Gasteiger partial charge in [0.15, 0.2) is 0 Å². The normalized spacial score (nSPS) is 22.7. The van der Waals surface area contributed by atoms with Gasteiger partial charge in [0.05, 0.1) is 30.5 Å². The third-order valence-electron chi connectivity index (χ3n) is 9.20. The molecule has 2 rings (SSSR count). The van der Waals surface area contributed by atoms with E-state index in [1.54, 1.807) is 0 Å². The van der Waals surface area contributed by atoms with E-state index in [2.05, 4.69) is 19.1 Å². The first kappa shape index (κ1) is 38.0. The van der Waals surface area contributed by atoms with Crippen molar-refractivity contribution in [1.29, 1.82) is 0 Å². The van der Waals surface area contributed by atoms with Crippen LogP contribution >= 0.6 is 0 Å². The van der Waals surface area contributed by atoms with Crippen LogP contribution in [0.1, 0.15) is 168 Å². The molecular formula is C37H66O6. The van der Waals surface area contributed by atoms with Crippen LogP contribution in [0.25, 0.3) is 0 Å². The number of hydrogen-bond acceptors (Lipinski definition) is 6. The molecule has 3 N–H and O–H groups in total. The van der Waals surface area contributed by atoms with Crippen LogP contribution in [0.4, 0.5) is 0 Å². The fourth-order valence-electron chi connectivity index (χ4n) is 6.46. The van der Waals surface area contributed by atoms with Gasteiger partial charge in [0.1, 0.15) is 6.10 Å². The lowest BCUT2D eigenvalue weighted by Crippen LogP contribution is -2.30. The maximum atomic E-state index is 11.6. The van der Waals surface area contributed by atoms with E-state index in [-0.39, 0.29) is 24.3 Å². The van der Waals surface area contributed by atoms with Gasteiger partial charge in [0.25, 0.3) is 0 Å². The molecule has 1 unspecified atom stereocenters. The van der Waals surface area contributed by atoms with Gasteiger partial charge in [0, 0.05) is 12.0 Å². The number of aliphatic hydroxyl groups is 3. The van der Waals surface area contributed by atoms with Gasteiger partial charge < -0.3 is 24.8 Å². The SMILES string of the molecule is CCCCCCCCCC/C=C/CCC(O)[C@@H]1CC[C@H]([C@H](O)CCCCCCCCCC[C@@H](O)CC2=C[C@H](C)OC2=O)O1. The number of hydrogen-bond donors (Lipinski definition) is 3. The van der Waals surface area contributed by atoms with E-state index in [4.69, 9.17) is 9.47 Å². The number of cyclic esters (lactones) is 1. The molecule has 1 saturated heterocycles. The Morgan fingerprint density at radius 3 is 1.81 bits per heavy atom. The van der Waals surface area contributed by atoms with Crippen molar-refractivity contribution in [2.24, 2.45) is 0 Å². The summed E-state index contributed by atoms with van der Waals surface area (Å²) >= 11 is 0. The van der Waals surface area contributed by atoms with Crippen molar-refractivity contribution >= 4 is 5.97 Å². The van der Waals surface area contributed by atoms with Crippen LogP contribution < -0.4 is 0 Å². The quantitative estimate of drug-likeness (QED) is 0.0492. The van der Waals surface area contributed by atoms with Gasteiger partial charge in [-0.2, -0.15) is 0 Å². The molecule has 2 aliphatic heterocycles. The topological polar surface area (TPSA) is 96.2 Å². The minimum atomic E-state index is -0.464. The van der Waals surface area contributed by atoms with Crippen LogP contribution in [0.3, 0.4) is 0 Å². The molecule has 0 aromatic carbocycles. The number of allylic oxidation sites excluding steroid dienone is 2. The summed E-state index contributed by atoms with van der Waals surface area (Å²) in [6.07, 6.45) is 30.7. The molecule has 43 heavy (non-hydrogen) atoms. The Kier molecular flexibility index (Phi) is 21.3. The number of carbonyl (C=O) groups is 1. The molecule has 0 bridgehead atoms. The van der Waals surface area contributed by atoms with E-state index < -0.39 is 18.3 Å². The second-order valence-corrected chi connectivity index (χ2v) is 13.3. The molecule has 2 aliphatic rings. The predicted octanol–water partition coefficient (Wildman–Crippen LogP) is 8.65. The number of rotatable bonds is 27. The number of unbranched alkanes of at least 4 members (excludes halogenated alkanes) is 15. The van der Waals surface area contributed by atoms with Crippen LogP contribution in [0, 0.1) is 0 Å². The van der Waals surface area contributed by atoms with Gasteiger partial charge in [-0.05, 0) is 64.4 Å². The van der Waals surface area contributed by atoms with E-state index in [0.29, 0.717) is 12.0 Å². The summed E-state index contributed by atoms with van der Waals surface area (Å²) in [7, 11) is 0. The van der Waals surface area contributed by atoms with Gasteiger partial charge >= 0.3 is 5.97 Å². The average Bonchev–Trinajstić information content (AvgIpc) is 3.60. The molecule has 2 heterocycles. The smallest absolute Gasteiger partial charge is 0.334 e. The monoisotopic (exact) mass is 606 g/mol. The maximum absolute atomic E-state index is 11.6. The number of aliphatic hydroxyl groups excluding tert-OH is 3. The van der Waals surface area contributed by atoms with Crippen molar-refractivity contribution in [1.82, 2.24) is 0 Å². The van der Waals surface area contributed by atoms with Crippen molar-refractivity contribution in [3.05, 3.63) is 23.8 Å². The molecule has 0 aliphatic carbocycles. The van der Waals surface area contributed by atoms with Crippen molar-refractivity contribution in [2.45, 2.75) is 205 Å². The standard InChI is InChI=1S/C37H66O6/c1-3-4-5-6-7-8-9-10-11-15-18-21-24-33(39)35-26-27-36(43-35)34(40)25-22-19-16-13-12-14-17-20-23-32(38)29-31-28-30(2)42-37(31)41/h15,18,28,30,32-36,38-40H,3-14,16-17,19-27,29H2,1-2H3/b18-15+/t30-,32+,33?,34+,35-,36+/m0/s1. The molecule has 6 nitrogen and oxygen atoms in total. The summed E-state index contributed by atoms with van der Waals surface area (Å²) < 4.78 is 11.2. The minimum absolute atomic E-state index is 0.133. The van der Waals surface area contributed by atoms with Crippen LogP contribution in [-0.2, 0) is 14.3 Å². The predicted molar refractivity (Wildman–Crippen MR) is 176 cm³/mol. The molecule has 0 aromatic heterocycles. The van der Waals surface area contributed by atoms with Crippen molar-refractivity contribution in [3.63, 3.8) is 0 Å². The van der Waals surface area contributed by atoms with Crippen LogP contribution in [-0.4, -0.2) is 57.9 Å². The Balaban J connectivity index is 1.38. The second kappa shape index (κ2) is 24.1. The summed E-state index contributed by atoms with van der Waals surface area (Å²) in [6, 6.07) is 0. The zero-order chi connectivity index (χ0) is 31.1. The second-order valence-electron chi connectivity index (χ2n) is 13.3. The highest BCUT2D eigenvalue weighted by Crippen LogP contribution is 2.28. The van der Waals surface area contributed by atoms with Gasteiger partial charge in [-0.3, -0.25) is 0 Å². The number of esters is 1. The van der Waals surface area contributed by atoms with Crippen molar-refractivity contribution in [2.75, 3.05) is 0 Å². The van der Waals surface area contributed by atoms with Gasteiger partial charge in [-0.1, -0.05) is 115 Å². The molecule has 0 radical (unpaired) electrons. The van der Waals surface area contributed by atoms with Crippen LogP contribution in [0.5, 0.6) is 0 Å². The molecule has 6 heteroatoms. The van der Waals surface area contributed by atoms with Crippen molar-refractivity contribution < 1.29 is 29.6 Å². The third kappa shape index (κ3) is 17.8. The van der Waals surface area contributed by atoms with Gasteiger partial charge in [0.2, 0.25) is 0 Å². The summed E-state index contributed by atoms with van der Waals surface area (Å²) in [5, 5.41) is 31.4. The van der Waals surface area contributed by atoms with Gasteiger partial charge in [-0.15, -0.1) is 0 Å². The minimum Gasteiger partial charge on any atom is -0.455 e. The Labute approximate surface area is 263 Å². The largest absolute Gasteiger partial charge is 0.455 e. The first-order chi connectivity index (χ1) is 20.9. The lowest BCUT2D eigenvalue weighted by Gasteiger charge is -2.22. The Bertz CT molecular complexity index is 764. The lowest BCUT2D eigenvalue weighted by atomic mass is 10.00. The first-order valence-electron chi connectivity index (χ1n) is 18.2. The zero-order valence-corrected chi connectivity index (χ0v) is 27.7. The van der Waals surface area contributed by atoms with E-state index in [1.807, 2.05) is 13.0 Å². The molecule has 1 fully saturated rings. The number of ether oxygens (including phenoxy) is 2. The lowest BCUT2D eigenvalue weighted by molar-refractivity contribution is -0.139. The van der Waals surface area contributed by atoms with E-state index >= 15 is 0 Å². The Hall–Kier alpha value is -1.21. The molecule has 0 spiro atoms. The Morgan fingerprint density at radius 1 is 0.721 bits per heavy atom. The molecule has 0 aromatic rings. The molecule has 0 amide bonds. The third-order valence-corrected chi connectivity index (χ3v) is 9.20. The number of carbonyl (C=O) groups excluding carboxylic acids is 1. The maximum Gasteiger partial charge on any atom is 0.334 e. The molecule has 0 saturated carbocycles. The fourth-order valence-corrected chi connectivity index (χ4v) is 6.46. The van der Waals surface area contributed by atoms with Crippen LogP contribution in [0.15, 0.2) is 23.8 Å². The highest BCUT2D eigenvalue weighted by atomic mass is 16.5.